The van der Waals surface area contributed by atoms with E-state index in [-0.39, 0.29) is 0 Å². The molecule has 2 aliphatic carbocycles. The molecule has 0 aromatic heterocycles. The van der Waals surface area contributed by atoms with Gasteiger partial charge in [0.25, 0.3) is 0 Å². The van der Waals surface area contributed by atoms with Gasteiger partial charge in [-0.1, -0.05) is 131 Å². The summed E-state index contributed by atoms with van der Waals surface area (Å²) in [5, 5.41) is 0.755. The molecule has 0 saturated heterocycles. The van der Waals surface area contributed by atoms with E-state index in [0.29, 0.717) is 0 Å². The van der Waals surface area contributed by atoms with Crippen LogP contribution in [0.1, 0.15) is 22.3 Å². The zero-order chi connectivity index (χ0) is 26.1. The highest BCUT2D eigenvalue weighted by molar-refractivity contribution is 9.10. The summed E-state index contributed by atoms with van der Waals surface area (Å²) in [4.78, 5) is 0. The van der Waals surface area contributed by atoms with Crippen molar-refractivity contribution in [1.29, 1.82) is 0 Å². The van der Waals surface area contributed by atoms with Crippen LogP contribution in [0.5, 0.6) is 0 Å². The molecule has 0 amide bonds. The Kier molecular flexibility index (Phi) is 5.04. The van der Waals surface area contributed by atoms with Gasteiger partial charge in [0.2, 0.25) is 0 Å². The first kappa shape index (κ1) is 23.0. The Balaban J connectivity index is 1.52. The van der Waals surface area contributed by atoms with Crippen LogP contribution in [0.15, 0.2) is 138 Å². The molecule has 0 nitrogen and oxygen atoms in total. The van der Waals surface area contributed by atoms with E-state index in [1.807, 2.05) is 6.07 Å². The number of rotatable bonds is 2. The molecule has 0 saturated carbocycles. The molecule has 0 radical (unpaired) electrons. The molecule has 6 aromatic carbocycles. The highest BCUT2D eigenvalue weighted by atomic mass is 79.9. The van der Waals surface area contributed by atoms with Gasteiger partial charge in [0.05, 0.1) is 5.41 Å². The summed E-state index contributed by atoms with van der Waals surface area (Å²) in [6, 6.07) is 48.3. The fourth-order valence-electron chi connectivity index (χ4n) is 6.82. The third kappa shape index (κ3) is 3.18. The first-order chi connectivity index (χ1) is 19.2. The number of fused-ring (bicyclic) bond motifs is 10. The van der Waals surface area contributed by atoms with Crippen molar-refractivity contribution in [2.24, 2.45) is 0 Å². The molecule has 0 aliphatic heterocycles. The van der Waals surface area contributed by atoms with E-state index in [1.54, 1.807) is 0 Å². The van der Waals surface area contributed by atoms with Crippen LogP contribution in [0.2, 0.25) is 5.02 Å². The Morgan fingerprint density at radius 1 is 0.436 bits per heavy atom. The van der Waals surface area contributed by atoms with E-state index in [4.69, 9.17) is 11.6 Å². The average Bonchev–Trinajstić information content (AvgIpc) is 3.44. The highest BCUT2D eigenvalue weighted by Crippen LogP contribution is 2.64. The van der Waals surface area contributed by atoms with E-state index >= 15 is 0 Å². The minimum Gasteiger partial charge on any atom is -0.0843 e. The summed E-state index contributed by atoms with van der Waals surface area (Å²) in [6.45, 7) is 0. The van der Waals surface area contributed by atoms with Gasteiger partial charge in [-0.15, -0.1) is 0 Å². The van der Waals surface area contributed by atoms with Gasteiger partial charge >= 0.3 is 0 Å². The molecule has 39 heavy (non-hydrogen) atoms. The third-order valence-corrected chi connectivity index (χ3v) is 9.32. The maximum Gasteiger partial charge on any atom is 0.0726 e. The second-order valence-corrected chi connectivity index (χ2v) is 11.6. The molecular weight excluding hydrogens is 560 g/mol. The summed E-state index contributed by atoms with van der Waals surface area (Å²) in [6.07, 6.45) is 0. The van der Waals surface area contributed by atoms with Crippen molar-refractivity contribution >= 4 is 27.5 Å². The molecule has 0 fully saturated rings. The second-order valence-electron chi connectivity index (χ2n) is 10.4. The lowest BCUT2D eigenvalue weighted by Gasteiger charge is -2.31. The molecule has 0 heterocycles. The van der Waals surface area contributed by atoms with Crippen LogP contribution in [0.3, 0.4) is 0 Å². The lowest BCUT2D eigenvalue weighted by molar-refractivity contribution is 0.794. The van der Waals surface area contributed by atoms with Gasteiger partial charge in [0, 0.05) is 15.1 Å². The minimum absolute atomic E-state index is 0.473. The van der Waals surface area contributed by atoms with E-state index in [0.717, 1.165) is 9.50 Å². The lowest BCUT2D eigenvalue weighted by Crippen LogP contribution is -2.26. The Labute approximate surface area is 241 Å². The predicted molar refractivity (Wildman–Crippen MR) is 166 cm³/mol. The van der Waals surface area contributed by atoms with Gasteiger partial charge in [0.1, 0.15) is 0 Å². The van der Waals surface area contributed by atoms with Crippen LogP contribution < -0.4 is 0 Å². The van der Waals surface area contributed by atoms with Crippen molar-refractivity contribution in [2.75, 3.05) is 0 Å². The molecule has 8 rings (SSSR count). The molecule has 2 heteroatoms. The van der Waals surface area contributed by atoms with E-state index in [1.165, 1.54) is 66.8 Å². The third-order valence-electron chi connectivity index (χ3n) is 8.42. The van der Waals surface area contributed by atoms with Crippen LogP contribution >= 0.6 is 27.5 Å². The maximum absolute atomic E-state index is 6.76. The molecule has 184 valence electrons. The summed E-state index contributed by atoms with van der Waals surface area (Å²) < 4.78 is 1.11. The van der Waals surface area contributed by atoms with Crippen molar-refractivity contribution in [3.8, 4) is 44.5 Å². The monoisotopic (exact) mass is 580 g/mol. The zero-order valence-electron chi connectivity index (χ0n) is 21.0. The highest BCUT2D eigenvalue weighted by Gasteiger charge is 2.52. The van der Waals surface area contributed by atoms with E-state index < -0.39 is 5.41 Å². The summed E-state index contributed by atoms with van der Waals surface area (Å²) in [5.41, 5.74) is 14.6. The van der Waals surface area contributed by atoms with E-state index in [2.05, 4.69) is 143 Å². The molecule has 0 bridgehead atoms. The topological polar surface area (TPSA) is 0 Å². The normalized spacial score (nSPS) is 13.6. The minimum atomic E-state index is -0.473. The molecule has 0 N–H and O–H groups in total. The molecule has 1 spiro atoms. The van der Waals surface area contributed by atoms with Gasteiger partial charge in [-0.3, -0.25) is 0 Å². The Bertz CT molecular complexity index is 1830. The molecule has 2 aliphatic rings. The number of benzene rings is 6. The maximum atomic E-state index is 6.76. The standard InChI is InChI=1S/C37H22BrCl/c38-35-13-7-12-31-36(35)30-19-16-27(39)22-34(30)37(31)32-20-25(23-8-3-1-4-9-23)14-17-28(32)29-18-15-26(21-33(29)37)24-10-5-2-6-11-24/h1-22H. The van der Waals surface area contributed by atoms with Crippen molar-refractivity contribution in [1.82, 2.24) is 0 Å². The van der Waals surface area contributed by atoms with Gasteiger partial charge in [-0.2, -0.15) is 0 Å². The lowest BCUT2D eigenvalue weighted by atomic mass is 9.70. The first-order valence-electron chi connectivity index (χ1n) is 13.2. The van der Waals surface area contributed by atoms with Crippen LogP contribution in [0, 0.1) is 0 Å². The average molecular weight is 582 g/mol. The van der Waals surface area contributed by atoms with Crippen molar-refractivity contribution in [2.45, 2.75) is 5.41 Å². The molecule has 0 atom stereocenters. The number of hydrogen-bond acceptors (Lipinski definition) is 0. The summed E-state index contributed by atoms with van der Waals surface area (Å²) in [7, 11) is 0. The number of hydrogen-bond donors (Lipinski definition) is 0. The summed E-state index contributed by atoms with van der Waals surface area (Å²) >= 11 is 10.7. The Morgan fingerprint density at radius 3 is 1.56 bits per heavy atom. The van der Waals surface area contributed by atoms with Crippen LogP contribution in [0.4, 0.5) is 0 Å². The van der Waals surface area contributed by atoms with Crippen LogP contribution in [0.25, 0.3) is 44.5 Å². The smallest absolute Gasteiger partial charge is 0.0726 e. The quantitative estimate of drug-likeness (QED) is 0.190. The fourth-order valence-corrected chi connectivity index (χ4v) is 7.58. The Hall–Kier alpha value is -3.91. The van der Waals surface area contributed by atoms with Crippen LogP contribution in [-0.4, -0.2) is 0 Å². The zero-order valence-corrected chi connectivity index (χ0v) is 23.3. The fraction of sp³-hybridized carbons (Fsp3) is 0.0270. The first-order valence-corrected chi connectivity index (χ1v) is 14.3. The van der Waals surface area contributed by atoms with Gasteiger partial charge in [-0.25, -0.2) is 0 Å². The Morgan fingerprint density at radius 2 is 0.974 bits per heavy atom. The van der Waals surface area contributed by atoms with Crippen LogP contribution in [-0.2, 0) is 5.41 Å². The second kappa shape index (κ2) is 8.55. The van der Waals surface area contributed by atoms with Crippen molar-refractivity contribution < 1.29 is 0 Å². The van der Waals surface area contributed by atoms with Gasteiger partial charge in [-0.05, 0) is 91.5 Å². The number of halogens is 2. The molecule has 0 unspecified atom stereocenters. The molecule has 6 aromatic rings. The van der Waals surface area contributed by atoms with Crippen molar-refractivity contribution in [3.05, 3.63) is 165 Å². The van der Waals surface area contributed by atoms with Gasteiger partial charge < -0.3 is 0 Å². The largest absolute Gasteiger partial charge is 0.0843 e. The van der Waals surface area contributed by atoms with E-state index in [9.17, 15) is 0 Å². The molecular formula is C37H22BrCl. The van der Waals surface area contributed by atoms with Crippen molar-refractivity contribution in [3.63, 3.8) is 0 Å². The predicted octanol–water partition coefficient (Wildman–Crippen LogP) is 10.8. The summed E-state index contributed by atoms with van der Waals surface area (Å²) in [5.74, 6) is 0. The SMILES string of the molecule is Clc1ccc2c(c1)C1(c3cc(-c4ccccc4)ccc3-c3ccc(-c4ccccc4)cc31)c1cccc(Br)c1-2. The van der Waals surface area contributed by atoms with Gasteiger partial charge in [0.15, 0.2) is 0 Å².